The Morgan fingerprint density at radius 2 is 2.06 bits per heavy atom. The van der Waals surface area contributed by atoms with Crippen molar-refractivity contribution in [1.82, 2.24) is 5.32 Å². The van der Waals surface area contributed by atoms with Crippen LogP contribution < -0.4 is 5.32 Å². The molecule has 0 aliphatic rings. The van der Waals surface area contributed by atoms with Gasteiger partial charge in [0.05, 0.1) is 13.2 Å². The Kier molecular flexibility index (Phi) is 5.29. The van der Waals surface area contributed by atoms with Gasteiger partial charge in [0.25, 0.3) is 0 Å². The van der Waals surface area contributed by atoms with Crippen molar-refractivity contribution in [3.05, 3.63) is 34.9 Å². The van der Waals surface area contributed by atoms with Gasteiger partial charge in [0, 0.05) is 11.1 Å². The third-order valence-electron chi connectivity index (χ3n) is 2.23. The Morgan fingerprint density at radius 1 is 1.44 bits per heavy atom. The fourth-order valence-corrected chi connectivity index (χ4v) is 1.44. The van der Waals surface area contributed by atoms with E-state index in [0.717, 1.165) is 5.56 Å². The summed E-state index contributed by atoms with van der Waals surface area (Å²) in [6.45, 7) is 4.41. The second kappa shape index (κ2) is 6.51. The molecule has 16 heavy (non-hydrogen) atoms. The number of hydrogen-bond donors (Lipinski definition) is 1. The quantitative estimate of drug-likeness (QED) is 0.806. The van der Waals surface area contributed by atoms with Crippen LogP contribution in [0.4, 0.5) is 0 Å². The third kappa shape index (κ3) is 4.21. The molecule has 0 spiro atoms. The van der Waals surface area contributed by atoms with Crippen molar-refractivity contribution in [1.29, 1.82) is 0 Å². The van der Waals surface area contributed by atoms with E-state index < -0.39 is 0 Å². The van der Waals surface area contributed by atoms with E-state index in [1.807, 2.05) is 31.2 Å². The summed E-state index contributed by atoms with van der Waals surface area (Å²) in [4.78, 5) is 11.1. The van der Waals surface area contributed by atoms with E-state index in [-0.39, 0.29) is 18.6 Å². The van der Waals surface area contributed by atoms with E-state index in [1.165, 1.54) is 0 Å². The lowest BCUT2D eigenvalue weighted by molar-refractivity contribution is -0.142. The number of carbonyl (C=O) groups is 1. The highest BCUT2D eigenvalue weighted by atomic mass is 35.5. The van der Waals surface area contributed by atoms with Crippen LogP contribution >= 0.6 is 11.6 Å². The van der Waals surface area contributed by atoms with Crippen LogP contribution in [0.25, 0.3) is 0 Å². The molecule has 0 unspecified atom stereocenters. The number of carbonyl (C=O) groups excluding carboxylic acids is 1. The van der Waals surface area contributed by atoms with Crippen molar-refractivity contribution in [2.75, 3.05) is 13.2 Å². The lowest BCUT2D eigenvalue weighted by atomic mass is 10.1. The van der Waals surface area contributed by atoms with Crippen molar-refractivity contribution >= 4 is 17.6 Å². The van der Waals surface area contributed by atoms with Crippen LogP contribution in [0.15, 0.2) is 24.3 Å². The number of halogens is 1. The van der Waals surface area contributed by atoms with Gasteiger partial charge in [-0.3, -0.25) is 4.79 Å². The van der Waals surface area contributed by atoms with Gasteiger partial charge in [-0.05, 0) is 31.5 Å². The van der Waals surface area contributed by atoms with E-state index in [9.17, 15) is 4.79 Å². The van der Waals surface area contributed by atoms with E-state index in [4.69, 9.17) is 16.3 Å². The van der Waals surface area contributed by atoms with Crippen molar-refractivity contribution in [3.63, 3.8) is 0 Å². The highest BCUT2D eigenvalue weighted by molar-refractivity contribution is 6.30. The van der Waals surface area contributed by atoms with Gasteiger partial charge in [0.15, 0.2) is 0 Å². The number of ether oxygens (including phenoxy) is 1. The Hall–Kier alpha value is -1.06. The van der Waals surface area contributed by atoms with Crippen LogP contribution in [0.5, 0.6) is 0 Å². The minimum absolute atomic E-state index is 0.0988. The summed E-state index contributed by atoms with van der Waals surface area (Å²) in [5.41, 5.74) is 1.09. The molecule has 4 heteroatoms. The van der Waals surface area contributed by atoms with Gasteiger partial charge in [-0.25, -0.2) is 0 Å². The molecule has 1 rings (SSSR count). The minimum Gasteiger partial charge on any atom is -0.465 e. The number of esters is 1. The van der Waals surface area contributed by atoms with E-state index in [2.05, 4.69) is 5.32 Å². The first-order valence-corrected chi connectivity index (χ1v) is 5.65. The number of nitrogens with one attached hydrogen (secondary N) is 1. The van der Waals surface area contributed by atoms with Gasteiger partial charge in [-0.2, -0.15) is 0 Å². The van der Waals surface area contributed by atoms with Crippen LogP contribution in [0.1, 0.15) is 25.5 Å². The summed E-state index contributed by atoms with van der Waals surface area (Å²) < 4.78 is 4.82. The predicted molar refractivity (Wildman–Crippen MR) is 64.5 cm³/mol. The number of hydrogen-bond acceptors (Lipinski definition) is 3. The first kappa shape index (κ1) is 13.0. The lowest BCUT2D eigenvalue weighted by Crippen LogP contribution is -2.27. The average Bonchev–Trinajstić information content (AvgIpc) is 2.27. The molecule has 0 saturated carbocycles. The molecule has 3 nitrogen and oxygen atoms in total. The molecule has 0 aromatic heterocycles. The Morgan fingerprint density at radius 3 is 2.62 bits per heavy atom. The molecule has 0 saturated heterocycles. The molecule has 88 valence electrons. The van der Waals surface area contributed by atoms with E-state index in [0.29, 0.717) is 11.6 Å². The Bertz CT molecular complexity index is 337. The van der Waals surface area contributed by atoms with Crippen LogP contribution in [0, 0.1) is 0 Å². The maximum atomic E-state index is 11.1. The highest BCUT2D eigenvalue weighted by Crippen LogP contribution is 2.15. The average molecular weight is 242 g/mol. The fourth-order valence-electron chi connectivity index (χ4n) is 1.32. The van der Waals surface area contributed by atoms with Crippen molar-refractivity contribution < 1.29 is 9.53 Å². The SMILES string of the molecule is CCOC(=O)CN[C@H](C)c1ccc(Cl)cc1. The smallest absolute Gasteiger partial charge is 0.319 e. The molecule has 1 aromatic rings. The van der Waals surface area contributed by atoms with Crippen LogP contribution in [-0.4, -0.2) is 19.1 Å². The first-order valence-electron chi connectivity index (χ1n) is 5.28. The molecule has 1 aromatic carbocycles. The molecular weight excluding hydrogens is 226 g/mol. The van der Waals surface area contributed by atoms with Crippen molar-refractivity contribution in [2.24, 2.45) is 0 Å². The summed E-state index contributed by atoms with van der Waals surface area (Å²) in [7, 11) is 0. The Balaban J connectivity index is 2.43. The van der Waals surface area contributed by atoms with Crippen molar-refractivity contribution in [3.8, 4) is 0 Å². The van der Waals surface area contributed by atoms with Gasteiger partial charge >= 0.3 is 5.97 Å². The van der Waals surface area contributed by atoms with Gasteiger partial charge in [-0.15, -0.1) is 0 Å². The molecule has 1 N–H and O–H groups in total. The van der Waals surface area contributed by atoms with E-state index >= 15 is 0 Å². The van der Waals surface area contributed by atoms with Gasteiger partial charge in [0.1, 0.15) is 0 Å². The van der Waals surface area contributed by atoms with Gasteiger partial charge in [-0.1, -0.05) is 23.7 Å². The van der Waals surface area contributed by atoms with E-state index in [1.54, 1.807) is 6.92 Å². The summed E-state index contributed by atoms with van der Waals surface area (Å²) in [5.74, 6) is -0.233. The van der Waals surface area contributed by atoms with Crippen LogP contribution in [0.3, 0.4) is 0 Å². The topological polar surface area (TPSA) is 38.3 Å². The standard InChI is InChI=1S/C12H16ClNO2/c1-3-16-12(15)8-14-9(2)10-4-6-11(13)7-5-10/h4-7,9,14H,3,8H2,1-2H3/t9-/m1/s1. The number of benzene rings is 1. The molecule has 0 amide bonds. The van der Waals surface area contributed by atoms with Crippen LogP contribution in [-0.2, 0) is 9.53 Å². The third-order valence-corrected chi connectivity index (χ3v) is 2.48. The molecular formula is C12H16ClNO2. The number of rotatable bonds is 5. The molecule has 1 atom stereocenters. The largest absolute Gasteiger partial charge is 0.465 e. The summed E-state index contributed by atoms with van der Waals surface area (Å²) >= 11 is 5.79. The molecule has 0 aliphatic carbocycles. The predicted octanol–water partition coefficient (Wildman–Crippen LogP) is 2.55. The molecule has 0 bridgehead atoms. The maximum absolute atomic E-state index is 11.1. The van der Waals surface area contributed by atoms with Crippen molar-refractivity contribution in [2.45, 2.75) is 19.9 Å². The van der Waals surface area contributed by atoms with Gasteiger partial charge in [0.2, 0.25) is 0 Å². The maximum Gasteiger partial charge on any atom is 0.319 e. The fraction of sp³-hybridized carbons (Fsp3) is 0.417. The molecule has 0 radical (unpaired) electrons. The molecule has 0 aliphatic heterocycles. The highest BCUT2D eigenvalue weighted by Gasteiger charge is 2.07. The second-order valence-electron chi connectivity index (χ2n) is 3.46. The summed E-state index contributed by atoms with van der Waals surface area (Å²) in [6, 6.07) is 7.64. The zero-order valence-corrected chi connectivity index (χ0v) is 10.3. The first-order chi connectivity index (χ1) is 7.63. The second-order valence-corrected chi connectivity index (χ2v) is 3.90. The normalized spacial score (nSPS) is 12.2. The zero-order valence-electron chi connectivity index (χ0n) is 9.50. The summed E-state index contributed by atoms with van der Waals surface area (Å²) in [6.07, 6.45) is 0. The van der Waals surface area contributed by atoms with Gasteiger partial charge < -0.3 is 10.1 Å². The minimum atomic E-state index is -0.233. The Labute approximate surface area is 101 Å². The lowest BCUT2D eigenvalue weighted by Gasteiger charge is -2.13. The zero-order chi connectivity index (χ0) is 12.0. The summed E-state index contributed by atoms with van der Waals surface area (Å²) in [5, 5.41) is 3.79. The monoisotopic (exact) mass is 241 g/mol. The molecule has 0 heterocycles. The molecule has 0 fully saturated rings. The van der Waals surface area contributed by atoms with Crippen LogP contribution in [0.2, 0.25) is 5.02 Å².